The van der Waals surface area contributed by atoms with Crippen LogP contribution in [0.15, 0.2) is 36.4 Å². The van der Waals surface area contributed by atoms with Crippen molar-refractivity contribution in [1.29, 1.82) is 0 Å². The van der Waals surface area contributed by atoms with E-state index in [0.29, 0.717) is 11.1 Å². The normalized spacial score (nSPS) is 12.5. The second-order valence-electron chi connectivity index (χ2n) is 3.49. The summed E-state index contributed by atoms with van der Waals surface area (Å²) in [6.45, 7) is 0. The van der Waals surface area contributed by atoms with Crippen LogP contribution in [0.5, 0.6) is 0 Å². The summed E-state index contributed by atoms with van der Waals surface area (Å²) in [6, 6.07) is 10.9. The van der Waals surface area contributed by atoms with E-state index in [2.05, 4.69) is 5.32 Å². The quantitative estimate of drug-likeness (QED) is 0.560. The summed E-state index contributed by atoms with van der Waals surface area (Å²) in [7, 11) is 0. The summed E-state index contributed by atoms with van der Waals surface area (Å²) in [5.74, 6) is -0.631. The van der Waals surface area contributed by atoms with Gasteiger partial charge >= 0.3 is 103 Å². The minimum absolute atomic E-state index is 0. The number of imide groups is 1. The molecular formula is C12H9K2NO2. The van der Waals surface area contributed by atoms with Gasteiger partial charge in [0.15, 0.2) is 0 Å². The zero-order valence-electron chi connectivity index (χ0n) is 7.78. The topological polar surface area (TPSA) is 46.2 Å². The van der Waals surface area contributed by atoms with Crippen molar-refractivity contribution in [2.24, 2.45) is 0 Å². The Labute approximate surface area is 184 Å². The van der Waals surface area contributed by atoms with E-state index in [1.54, 1.807) is 12.1 Å². The van der Waals surface area contributed by atoms with Gasteiger partial charge in [0.1, 0.15) is 0 Å². The van der Waals surface area contributed by atoms with E-state index in [1.807, 2.05) is 24.3 Å². The molecule has 2 amide bonds. The van der Waals surface area contributed by atoms with Crippen LogP contribution in [-0.4, -0.2) is 115 Å². The zero-order valence-corrected chi connectivity index (χ0v) is 7.78. The van der Waals surface area contributed by atoms with Crippen molar-refractivity contribution in [2.75, 3.05) is 0 Å². The first kappa shape index (κ1) is 16.2. The molecule has 0 spiro atoms. The minimum atomic E-state index is -0.315. The van der Waals surface area contributed by atoms with E-state index in [0.717, 1.165) is 10.8 Å². The number of hydrogen-bond donors (Lipinski definition) is 1. The summed E-state index contributed by atoms with van der Waals surface area (Å²) in [5, 5.41) is 4.00. The third-order valence-corrected chi connectivity index (χ3v) is 2.62. The Morgan fingerprint density at radius 3 is 1.71 bits per heavy atom. The molecule has 76 valence electrons. The molecule has 0 bridgehead atoms. The van der Waals surface area contributed by atoms with Gasteiger partial charge in [-0.3, -0.25) is 14.9 Å². The SMILES string of the molecule is O=C1NC(=O)c2cccc3cccc1c23.[KH].[KH]. The van der Waals surface area contributed by atoms with E-state index in [9.17, 15) is 9.59 Å². The van der Waals surface area contributed by atoms with Crippen LogP contribution in [0.1, 0.15) is 20.7 Å². The predicted molar refractivity (Wildman–Crippen MR) is 70.0 cm³/mol. The third-order valence-electron chi connectivity index (χ3n) is 2.62. The van der Waals surface area contributed by atoms with Gasteiger partial charge in [-0.05, 0) is 17.5 Å². The van der Waals surface area contributed by atoms with Crippen LogP contribution < -0.4 is 5.32 Å². The maximum absolute atomic E-state index is 11.6. The van der Waals surface area contributed by atoms with E-state index in [-0.39, 0.29) is 115 Å². The molecule has 1 heterocycles. The van der Waals surface area contributed by atoms with Crippen LogP contribution in [0.2, 0.25) is 0 Å². The Balaban J connectivity index is 0.000000722. The van der Waals surface area contributed by atoms with Gasteiger partial charge in [-0.2, -0.15) is 0 Å². The van der Waals surface area contributed by atoms with Gasteiger partial charge in [0.2, 0.25) is 0 Å². The second kappa shape index (κ2) is 6.52. The number of nitrogens with one attached hydrogen (secondary N) is 1. The van der Waals surface area contributed by atoms with Gasteiger partial charge in [-0.1, -0.05) is 24.3 Å². The zero-order chi connectivity index (χ0) is 10.4. The van der Waals surface area contributed by atoms with Crippen LogP contribution in [-0.2, 0) is 0 Å². The van der Waals surface area contributed by atoms with Crippen LogP contribution in [0, 0.1) is 0 Å². The predicted octanol–water partition coefficient (Wildman–Crippen LogP) is 0.426. The molecule has 2 aromatic rings. The molecule has 3 rings (SSSR count). The van der Waals surface area contributed by atoms with Crippen LogP contribution in [0.25, 0.3) is 10.8 Å². The first-order valence-corrected chi connectivity index (χ1v) is 4.65. The van der Waals surface area contributed by atoms with Gasteiger partial charge in [0.25, 0.3) is 11.8 Å². The number of amides is 2. The summed E-state index contributed by atoms with van der Waals surface area (Å²) in [5.41, 5.74) is 1.14. The van der Waals surface area contributed by atoms with Crippen molar-refractivity contribution in [1.82, 2.24) is 5.32 Å². The fourth-order valence-corrected chi connectivity index (χ4v) is 1.96. The number of benzene rings is 2. The average Bonchev–Trinajstić information content (AvgIpc) is 2.25. The Bertz CT molecular complexity index is 562. The molecule has 0 radical (unpaired) electrons. The van der Waals surface area contributed by atoms with Crippen molar-refractivity contribution in [2.45, 2.75) is 0 Å². The van der Waals surface area contributed by atoms with E-state index in [1.165, 1.54) is 0 Å². The number of carbonyl (C=O) groups excluding carboxylic acids is 2. The number of hydrogen-bond acceptors (Lipinski definition) is 2. The van der Waals surface area contributed by atoms with Gasteiger partial charge in [-0.25, -0.2) is 0 Å². The van der Waals surface area contributed by atoms with Gasteiger partial charge < -0.3 is 0 Å². The van der Waals surface area contributed by atoms with Crippen LogP contribution in [0.3, 0.4) is 0 Å². The monoisotopic (exact) mass is 277 g/mol. The van der Waals surface area contributed by atoms with Crippen molar-refractivity contribution >= 4 is 125 Å². The molecule has 5 heteroatoms. The molecule has 3 nitrogen and oxygen atoms in total. The summed E-state index contributed by atoms with van der Waals surface area (Å²) < 4.78 is 0. The molecule has 1 aliphatic rings. The third kappa shape index (κ3) is 2.84. The van der Waals surface area contributed by atoms with Crippen molar-refractivity contribution < 1.29 is 9.59 Å². The molecule has 0 unspecified atom stereocenters. The van der Waals surface area contributed by atoms with Gasteiger partial charge in [-0.15, -0.1) is 0 Å². The van der Waals surface area contributed by atoms with Crippen LogP contribution in [0.4, 0.5) is 0 Å². The van der Waals surface area contributed by atoms with E-state index >= 15 is 0 Å². The number of carbonyl (C=O) groups is 2. The van der Waals surface area contributed by atoms with Gasteiger partial charge in [0, 0.05) is 16.5 Å². The molecule has 2 aromatic carbocycles. The Morgan fingerprint density at radius 2 is 1.24 bits per heavy atom. The molecule has 17 heavy (non-hydrogen) atoms. The summed E-state index contributed by atoms with van der Waals surface area (Å²) >= 11 is 0. The number of rotatable bonds is 0. The molecule has 1 aliphatic heterocycles. The molecule has 0 saturated carbocycles. The van der Waals surface area contributed by atoms with Crippen LogP contribution >= 0.6 is 0 Å². The molecule has 1 N–H and O–H groups in total. The summed E-state index contributed by atoms with van der Waals surface area (Å²) in [6.07, 6.45) is 0. The summed E-state index contributed by atoms with van der Waals surface area (Å²) in [4.78, 5) is 23.1. The standard InChI is InChI=1S/C12H7NO2.2K.2H/c14-11-8-5-1-3-7-4-2-6-9(10(7)8)12(15)13-11;;;;/h1-6H,(H,13,14,15);;;;. The van der Waals surface area contributed by atoms with Gasteiger partial charge in [0.05, 0.1) is 0 Å². The van der Waals surface area contributed by atoms with Crippen molar-refractivity contribution in [3.05, 3.63) is 47.5 Å². The average molecular weight is 277 g/mol. The molecule has 0 fully saturated rings. The Hall–Kier alpha value is 1.11. The van der Waals surface area contributed by atoms with E-state index < -0.39 is 0 Å². The molecule has 0 saturated heterocycles. The fourth-order valence-electron chi connectivity index (χ4n) is 1.96. The molecular weight excluding hydrogens is 268 g/mol. The van der Waals surface area contributed by atoms with Crippen molar-refractivity contribution in [3.63, 3.8) is 0 Å². The Kier molecular flexibility index (Phi) is 6.20. The maximum atomic E-state index is 11.6. The van der Waals surface area contributed by atoms with E-state index in [4.69, 9.17) is 0 Å². The second-order valence-corrected chi connectivity index (χ2v) is 3.49. The molecule has 0 atom stereocenters. The van der Waals surface area contributed by atoms with Crippen molar-refractivity contribution in [3.8, 4) is 0 Å². The Morgan fingerprint density at radius 1 is 0.765 bits per heavy atom. The molecule has 0 aliphatic carbocycles. The fraction of sp³-hybridized carbons (Fsp3) is 0. The molecule has 0 aromatic heterocycles. The first-order valence-electron chi connectivity index (χ1n) is 4.65. The first-order chi connectivity index (χ1) is 7.27.